The summed E-state index contributed by atoms with van der Waals surface area (Å²) in [6.45, 7) is 2.64. The molecule has 0 bridgehead atoms. The molecule has 0 aliphatic carbocycles. The third-order valence-corrected chi connectivity index (χ3v) is 3.78. The normalized spacial score (nSPS) is 10.8. The summed E-state index contributed by atoms with van der Waals surface area (Å²) in [6.07, 6.45) is 1.26. The second-order valence-corrected chi connectivity index (χ2v) is 5.65. The lowest BCUT2D eigenvalue weighted by Crippen LogP contribution is -2.18. The van der Waals surface area contributed by atoms with Crippen LogP contribution in [0.15, 0.2) is 42.5 Å². The number of benzene rings is 1. The van der Waals surface area contributed by atoms with Crippen molar-refractivity contribution in [2.24, 2.45) is 0 Å². The maximum absolute atomic E-state index is 11.3. The Morgan fingerprint density at radius 1 is 1.21 bits per heavy atom. The maximum atomic E-state index is 11.3. The molecule has 3 aromatic rings. The Morgan fingerprint density at radius 2 is 2.00 bits per heavy atom. The van der Waals surface area contributed by atoms with Crippen LogP contribution in [0.25, 0.3) is 16.9 Å². The molecular weight excluding hydrogens is 302 g/mol. The van der Waals surface area contributed by atoms with Crippen molar-refractivity contribution in [3.63, 3.8) is 0 Å². The average molecular weight is 323 g/mol. The molecule has 2 N–H and O–H groups in total. The van der Waals surface area contributed by atoms with Gasteiger partial charge in [-0.25, -0.2) is 4.98 Å². The number of carbonyl (C=O) groups excluding carboxylic acids is 1. The lowest BCUT2D eigenvalue weighted by molar-refractivity contribution is -0.120. The van der Waals surface area contributed by atoms with E-state index in [1.54, 1.807) is 7.05 Å². The number of aryl methyl sites for hydroxylation is 1. The van der Waals surface area contributed by atoms with Crippen LogP contribution in [-0.4, -0.2) is 34.1 Å². The molecule has 1 aromatic carbocycles. The van der Waals surface area contributed by atoms with E-state index in [2.05, 4.69) is 15.7 Å². The van der Waals surface area contributed by atoms with E-state index in [0.29, 0.717) is 13.0 Å². The molecule has 0 fully saturated rings. The van der Waals surface area contributed by atoms with Crippen molar-refractivity contribution in [2.75, 3.05) is 18.9 Å². The number of nitrogens with zero attached hydrogens (tertiary/aromatic N) is 3. The van der Waals surface area contributed by atoms with Gasteiger partial charge in [0.05, 0.1) is 11.4 Å². The molecule has 2 aromatic heterocycles. The number of fused-ring (bicyclic) bond motifs is 1. The third kappa shape index (κ3) is 3.53. The summed E-state index contributed by atoms with van der Waals surface area (Å²) < 4.78 is 1.81. The van der Waals surface area contributed by atoms with E-state index in [4.69, 9.17) is 4.98 Å². The van der Waals surface area contributed by atoms with Gasteiger partial charge in [-0.05, 0) is 13.3 Å². The molecule has 2 heterocycles. The van der Waals surface area contributed by atoms with Gasteiger partial charge >= 0.3 is 0 Å². The van der Waals surface area contributed by atoms with Gasteiger partial charge in [0.2, 0.25) is 5.91 Å². The number of hydrogen-bond donors (Lipinski definition) is 2. The van der Waals surface area contributed by atoms with Crippen LogP contribution in [0.5, 0.6) is 0 Å². The van der Waals surface area contributed by atoms with Crippen molar-refractivity contribution >= 4 is 17.4 Å². The first-order valence-electron chi connectivity index (χ1n) is 8.04. The molecule has 0 aliphatic rings. The van der Waals surface area contributed by atoms with Crippen molar-refractivity contribution in [2.45, 2.75) is 19.8 Å². The Morgan fingerprint density at radius 3 is 2.75 bits per heavy atom. The van der Waals surface area contributed by atoms with Gasteiger partial charge in [0.1, 0.15) is 5.82 Å². The third-order valence-electron chi connectivity index (χ3n) is 3.78. The van der Waals surface area contributed by atoms with Crippen molar-refractivity contribution < 1.29 is 4.79 Å². The summed E-state index contributed by atoms with van der Waals surface area (Å²) in [5.74, 6) is 0.931. The molecule has 0 saturated heterocycles. The summed E-state index contributed by atoms with van der Waals surface area (Å²) >= 11 is 0. The van der Waals surface area contributed by atoms with Crippen LogP contribution in [0.1, 0.15) is 18.5 Å². The zero-order valence-corrected chi connectivity index (χ0v) is 13.9. The summed E-state index contributed by atoms with van der Waals surface area (Å²) in [4.78, 5) is 16.0. The molecule has 24 heavy (non-hydrogen) atoms. The van der Waals surface area contributed by atoms with E-state index in [1.165, 1.54) is 0 Å². The van der Waals surface area contributed by atoms with Gasteiger partial charge in [0, 0.05) is 37.7 Å². The highest BCUT2D eigenvalue weighted by Gasteiger charge is 2.09. The SMILES string of the molecule is CNC(=O)CCCNc1cc(-c2ccccc2)nc2cc(C)nn12. The molecule has 6 nitrogen and oxygen atoms in total. The van der Waals surface area contributed by atoms with Crippen molar-refractivity contribution in [1.82, 2.24) is 19.9 Å². The molecule has 0 spiro atoms. The number of carbonyl (C=O) groups is 1. The van der Waals surface area contributed by atoms with E-state index in [1.807, 2.05) is 53.9 Å². The number of anilines is 1. The Labute approximate surface area is 140 Å². The van der Waals surface area contributed by atoms with Gasteiger partial charge < -0.3 is 10.6 Å². The van der Waals surface area contributed by atoms with Crippen LogP contribution in [0.2, 0.25) is 0 Å². The van der Waals surface area contributed by atoms with Gasteiger partial charge in [-0.15, -0.1) is 0 Å². The summed E-state index contributed by atoms with van der Waals surface area (Å²) in [5.41, 5.74) is 3.69. The predicted octanol–water partition coefficient (Wildman–Crippen LogP) is 2.64. The first kappa shape index (κ1) is 16.0. The van der Waals surface area contributed by atoms with E-state index < -0.39 is 0 Å². The lowest BCUT2D eigenvalue weighted by Gasteiger charge is -2.10. The first-order valence-corrected chi connectivity index (χ1v) is 8.04. The molecule has 0 aliphatic heterocycles. The second kappa shape index (κ2) is 7.12. The smallest absolute Gasteiger partial charge is 0.219 e. The van der Waals surface area contributed by atoms with Crippen LogP contribution in [0, 0.1) is 6.92 Å². The average Bonchev–Trinajstić information content (AvgIpc) is 2.99. The Balaban J connectivity index is 1.86. The molecular formula is C18H21N5O. The fourth-order valence-corrected chi connectivity index (χ4v) is 2.56. The van der Waals surface area contributed by atoms with Gasteiger partial charge in [0.25, 0.3) is 0 Å². The molecule has 6 heteroatoms. The Bertz CT molecular complexity index is 841. The van der Waals surface area contributed by atoms with Crippen LogP contribution in [0.3, 0.4) is 0 Å². The minimum absolute atomic E-state index is 0.0524. The quantitative estimate of drug-likeness (QED) is 0.684. The number of hydrogen-bond acceptors (Lipinski definition) is 4. The van der Waals surface area contributed by atoms with E-state index in [0.717, 1.165) is 34.8 Å². The van der Waals surface area contributed by atoms with Gasteiger partial charge in [0.15, 0.2) is 5.65 Å². The van der Waals surface area contributed by atoms with E-state index >= 15 is 0 Å². The van der Waals surface area contributed by atoms with Crippen LogP contribution in [-0.2, 0) is 4.79 Å². The highest BCUT2D eigenvalue weighted by atomic mass is 16.1. The summed E-state index contributed by atoms with van der Waals surface area (Å²) in [5, 5.41) is 10.5. The topological polar surface area (TPSA) is 71.3 Å². The van der Waals surface area contributed by atoms with Crippen LogP contribution in [0.4, 0.5) is 5.82 Å². The lowest BCUT2D eigenvalue weighted by atomic mass is 10.1. The van der Waals surface area contributed by atoms with Crippen molar-refractivity contribution in [1.29, 1.82) is 0 Å². The van der Waals surface area contributed by atoms with E-state index in [9.17, 15) is 4.79 Å². The maximum Gasteiger partial charge on any atom is 0.219 e. The van der Waals surface area contributed by atoms with Crippen LogP contribution < -0.4 is 10.6 Å². The molecule has 0 saturated carbocycles. The number of rotatable bonds is 6. The minimum Gasteiger partial charge on any atom is -0.370 e. The molecule has 0 atom stereocenters. The minimum atomic E-state index is 0.0524. The Kier molecular flexibility index (Phi) is 4.74. The van der Waals surface area contributed by atoms with Crippen molar-refractivity contribution in [3.8, 4) is 11.3 Å². The molecule has 1 amide bonds. The largest absolute Gasteiger partial charge is 0.370 e. The molecule has 0 unspecified atom stereocenters. The molecule has 0 radical (unpaired) electrons. The zero-order valence-electron chi connectivity index (χ0n) is 13.9. The fourth-order valence-electron chi connectivity index (χ4n) is 2.56. The first-order chi connectivity index (χ1) is 11.7. The number of nitrogens with one attached hydrogen (secondary N) is 2. The monoisotopic (exact) mass is 323 g/mol. The molecule has 3 rings (SSSR count). The standard InChI is InChI=1S/C18H21N5O/c1-13-11-17-21-15(14-7-4-3-5-8-14)12-16(23(17)22-13)20-10-6-9-18(24)19-2/h3-5,7-8,11-12,20H,6,9-10H2,1-2H3,(H,19,24). The fraction of sp³-hybridized carbons (Fsp3) is 0.278. The van der Waals surface area contributed by atoms with Gasteiger partial charge in [-0.1, -0.05) is 30.3 Å². The van der Waals surface area contributed by atoms with Crippen molar-refractivity contribution in [3.05, 3.63) is 48.2 Å². The summed E-state index contributed by atoms with van der Waals surface area (Å²) in [6, 6.07) is 14.0. The van der Waals surface area contributed by atoms with E-state index in [-0.39, 0.29) is 5.91 Å². The highest BCUT2D eigenvalue weighted by Crippen LogP contribution is 2.22. The van der Waals surface area contributed by atoms with Gasteiger partial charge in [-0.2, -0.15) is 9.61 Å². The van der Waals surface area contributed by atoms with Crippen LogP contribution >= 0.6 is 0 Å². The predicted molar refractivity (Wildman–Crippen MR) is 95.0 cm³/mol. The zero-order chi connectivity index (χ0) is 16.9. The highest BCUT2D eigenvalue weighted by molar-refractivity contribution is 5.75. The summed E-state index contributed by atoms with van der Waals surface area (Å²) in [7, 11) is 1.65. The second-order valence-electron chi connectivity index (χ2n) is 5.65. The molecule has 124 valence electrons. The Hall–Kier alpha value is -2.89. The number of aromatic nitrogens is 3. The number of amides is 1. The van der Waals surface area contributed by atoms with Gasteiger partial charge in [-0.3, -0.25) is 4.79 Å².